The van der Waals surface area contributed by atoms with Crippen LogP contribution in [-0.4, -0.2) is 12.5 Å². The van der Waals surface area contributed by atoms with Crippen LogP contribution in [0.4, 0.5) is 0 Å². The van der Waals surface area contributed by atoms with Crippen LogP contribution in [0.3, 0.4) is 0 Å². The molecule has 3 heteroatoms. The van der Waals surface area contributed by atoms with Gasteiger partial charge in [-0.1, -0.05) is 38.1 Å². The molecule has 3 N–H and O–H groups in total. The topological polar surface area (TPSA) is 55.1 Å². The quantitative estimate of drug-likeness (QED) is 0.867. The van der Waals surface area contributed by atoms with Crippen molar-refractivity contribution in [2.45, 2.75) is 45.6 Å². The fraction of sp³-hybridized carbons (Fsp3) is 0.588. The van der Waals surface area contributed by atoms with Gasteiger partial charge in [-0.15, -0.1) is 0 Å². The number of hydrogen-bond acceptors (Lipinski definition) is 2. The highest BCUT2D eigenvalue weighted by molar-refractivity contribution is 5.79. The summed E-state index contributed by atoms with van der Waals surface area (Å²) < 4.78 is 0. The number of nitrogens with one attached hydrogen (secondary N) is 1. The highest BCUT2D eigenvalue weighted by Crippen LogP contribution is 2.29. The molecule has 110 valence electrons. The molecule has 0 bridgehead atoms. The Balaban J connectivity index is 2.05. The summed E-state index contributed by atoms with van der Waals surface area (Å²) in [5.74, 6) is 0.542. The summed E-state index contributed by atoms with van der Waals surface area (Å²) >= 11 is 0. The van der Waals surface area contributed by atoms with Crippen molar-refractivity contribution in [3.8, 4) is 0 Å². The average molecular weight is 274 g/mol. The molecule has 0 saturated heterocycles. The molecule has 0 heterocycles. The van der Waals surface area contributed by atoms with Crippen molar-refractivity contribution < 1.29 is 4.79 Å². The Kier molecular flexibility index (Phi) is 5.18. The Morgan fingerprint density at radius 3 is 2.85 bits per heavy atom. The van der Waals surface area contributed by atoms with Crippen molar-refractivity contribution in [2.24, 2.45) is 17.6 Å². The van der Waals surface area contributed by atoms with Gasteiger partial charge in [0.2, 0.25) is 5.91 Å². The van der Waals surface area contributed by atoms with E-state index < -0.39 is 0 Å². The van der Waals surface area contributed by atoms with E-state index in [1.54, 1.807) is 0 Å². The highest BCUT2D eigenvalue weighted by atomic mass is 16.1. The average Bonchev–Trinajstić information content (AvgIpc) is 2.45. The predicted octanol–water partition coefficient (Wildman–Crippen LogP) is 2.80. The molecule has 2 atom stereocenters. The van der Waals surface area contributed by atoms with E-state index in [9.17, 15) is 4.79 Å². The molecule has 1 aromatic carbocycles. The van der Waals surface area contributed by atoms with Gasteiger partial charge in [0.1, 0.15) is 0 Å². The molecular weight excluding hydrogens is 248 g/mol. The van der Waals surface area contributed by atoms with E-state index in [2.05, 4.69) is 43.4 Å². The van der Waals surface area contributed by atoms with Crippen LogP contribution in [0.5, 0.6) is 0 Å². The SMILES string of the molecule is CC(C)CC(CN)C(=O)NC1CCCc2ccccc21. The van der Waals surface area contributed by atoms with Gasteiger partial charge in [-0.25, -0.2) is 0 Å². The molecule has 3 nitrogen and oxygen atoms in total. The second kappa shape index (κ2) is 6.89. The lowest BCUT2D eigenvalue weighted by molar-refractivity contribution is -0.126. The summed E-state index contributed by atoms with van der Waals surface area (Å²) in [5.41, 5.74) is 8.42. The van der Waals surface area contributed by atoms with Gasteiger partial charge in [0.15, 0.2) is 0 Å². The molecule has 1 aromatic rings. The first-order valence-corrected chi connectivity index (χ1v) is 7.70. The van der Waals surface area contributed by atoms with Crippen molar-refractivity contribution in [1.82, 2.24) is 5.32 Å². The lowest BCUT2D eigenvalue weighted by Gasteiger charge is -2.28. The maximum absolute atomic E-state index is 12.4. The van der Waals surface area contributed by atoms with E-state index in [4.69, 9.17) is 5.73 Å². The van der Waals surface area contributed by atoms with Crippen LogP contribution < -0.4 is 11.1 Å². The van der Waals surface area contributed by atoms with E-state index in [1.165, 1.54) is 11.1 Å². The molecule has 1 aliphatic carbocycles. The molecule has 0 aliphatic heterocycles. The minimum absolute atomic E-state index is 0.0657. The maximum Gasteiger partial charge on any atom is 0.224 e. The molecule has 2 unspecified atom stereocenters. The first-order chi connectivity index (χ1) is 9.61. The Morgan fingerprint density at radius 1 is 1.40 bits per heavy atom. The van der Waals surface area contributed by atoms with Crippen molar-refractivity contribution >= 4 is 5.91 Å². The standard InChI is InChI=1S/C17H26N2O/c1-12(2)10-14(11-18)17(20)19-16-9-5-7-13-6-3-4-8-15(13)16/h3-4,6,8,12,14,16H,5,7,9-11,18H2,1-2H3,(H,19,20). The van der Waals surface area contributed by atoms with E-state index in [-0.39, 0.29) is 17.9 Å². The van der Waals surface area contributed by atoms with Gasteiger partial charge < -0.3 is 11.1 Å². The fourth-order valence-corrected chi connectivity index (χ4v) is 3.07. The lowest BCUT2D eigenvalue weighted by atomic mass is 9.87. The molecule has 20 heavy (non-hydrogen) atoms. The molecule has 1 aliphatic rings. The number of carbonyl (C=O) groups excluding carboxylic acids is 1. The van der Waals surface area contributed by atoms with Crippen molar-refractivity contribution in [3.05, 3.63) is 35.4 Å². The molecule has 0 aromatic heterocycles. The number of carbonyl (C=O) groups is 1. The zero-order valence-electron chi connectivity index (χ0n) is 12.6. The number of nitrogens with two attached hydrogens (primary N) is 1. The zero-order valence-corrected chi connectivity index (χ0v) is 12.6. The summed E-state index contributed by atoms with van der Waals surface area (Å²) in [5, 5.41) is 3.21. The number of hydrogen-bond donors (Lipinski definition) is 2. The minimum Gasteiger partial charge on any atom is -0.349 e. The van der Waals surface area contributed by atoms with E-state index >= 15 is 0 Å². The first kappa shape index (κ1) is 15.0. The second-order valence-corrected chi connectivity index (χ2v) is 6.21. The Morgan fingerprint density at radius 2 is 2.15 bits per heavy atom. The number of fused-ring (bicyclic) bond motifs is 1. The van der Waals surface area contributed by atoms with Gasteiger partial charge in [-0.05, 0) is 42.7 Å². The smallest absolute Gasteiger partial charge is 0.224 e. The van der Waals surface area contributed by atoms with Crippen LogP contribution >= 0.6 is 0 Å². The van der Waals surface area contributed by atoms with Crippen LogP contribution in [-0.2, 0) is 11.2 Å². The summed E-state index contributed by atoms with van der Waals surface area (Å²) in [6, 6.07) is 8.60. The Hall–Kier alpha value is -1.35. The van der Waals surface area contributed by atoms with Crippen LogP contribution in [0.1, 0.15) is 50.3 Å². The minimum atomic E-state index is -0.0657. The molecule has 2 rings (SSSR count). The van der Waals surface area contributed by atoms with Crippen molar-refractivity contribution in [2.75, 3.05) is 6.54 Å². The zero-order chi connectivity index (χ0) is 14.5. The normalized spacial score (nSPS) is 19.5. The van der Waals surface area contributed by atoms with E-state index in [1.807, 2.05) is 0 Å². The largest absolute Gasteiger partial charge is 0.349 e. The van der Waals surface area contributed by atoms with Gasteiger partial charge >= 0.3 is 0 Å². The van der Waals surface area contributed by atoms with Crippen molar-refractivity contribution in [1.29, 1.82) is 0 Å². The Labute approximate surface area is 121 Å². The molecule has 0 saturated carbocycles. The van der Waals surface area contributed by atoms with Gasteiger partial charge in [0.25, 0.3) is 0 Å². The van der Waals surface area contributed by atoms with E-state index in [0.717, 1.165) is 25.7 Å². The second-order valence-electron chi connectivity index (χ2n) is 6.21. The lowest BCUT2D eigenvalue weighted by Crippen LogP contribution is -2.39. The number of rotatable bonds is 5. The van der Waals surface area contributed by atoms with Crippen LogP contribution in [0.15, 0.2) is 24.3 Å². The molecule has 0 radical (unpaired) electrons. The summed E-state index contributed by atoms with van der Waals surface area (Å²) in [6.45, 7) is 4.69. The van der Waals surface area contributed by atoms with Gasteiger partial charge in [0, 0.05) is 6.54 Å². The number of amides is 1. The Bertz CT molecular complexity index is 456. The van der Waals surface area contributed by atoms with E-state index in [0.29, 0.717) is 12.5 Å². The third kappa shape index (κ3) is 3.60. The summed E-state index contributed by atoms with van der Waals surface area (Å²) in [4.78, 5) is 12.4. The predicted molar refractivity (Wildman–Crippen MR) is 82.3 cm³/mol. The summed E-state index contributed by atoms with van der Waals surface area (Å²) in [6.07, 6.45) is 4.15. The monoisotopic (exact) mass is 274 g/mol. The summed E-state index contributed by atoms with van der Waals surface area (Å²) in [7, 11) is 0. The van der Waals surface area contributed by atoms with Gasteiger partial charge in [-0.2, -0.15) is 0 Å². The molecule has 0 fully saturated rings. The first-order valence-electron chi connectivity index (χ1n) is 7.70. The van der Waals surface area contributed by atoms with Gasteiger partial charge in [-0.3, -0.25) is 4.79 Å². The third-order valence-corrected chi connectivity index (χ3v) is 4.10. The fourth-order valence-electron chi connectivity index (χ4n) is 3.07. The number of aryl methyl sites for hydroxylation is 1. The molecular formula is C17H26N2O. The van der Waals surface area contributed by atoms with Crippen LogP contribution in [0.2, 0.25) is 0 Å². The highest BCUT2D eigenvalue weighted by Gasteiger charge is 2.25. The maximum atomic E-state index is 12.4. The van der Waals surface area contributed by atoms with Crippen LogP contribution in [0.25, 0.3) is 0 Å². The molecule has 1 amide bonds. The van der Waals surface area contributed by atoms with Crippen LogP contribution in [0, 0.1) is 11.8 Å². The van der Waals surface area contributed by atoms with Gasteiger partial charge in [0.05, 0.1) is 12.0 Å². The molecule has 0 spiro atoms. The third-order valence-electron chi connectivity index (χ3n) is 4.10. The van der Waals surface area contributed by atoms with Crippen molar-refractivity contribution in [3.63, 3.8) is 0 Å². The number of benzene rings is 1.